The molecule has 0 spiro atoms. The Balaban J connectivity index is 1.33. The molecule has 0 radical (unpaired) electrons. The summed E-state index contributed by atoms with van der Waals surface area (Å²) in [5.41, 5.74) is 2.08. The van der Waals surface area contributed by atoms with Gasteiger partial charge in [0.1, 0.15) is 5.75 Å². The number of anilines is 1. The molecule has 1 aromatic carbocycles. The summed E-state index contributed by atoms with van der Waals surface area (Å²) in [7, 11) is 0. The van der Waals surface area contributed by atoms with E-state index in [2.05, 4.69) is 26.3 Å². The SMILES string of the molecule is O=C(NCCC1=CCCCC1)c1ccc(Oc2nccnc2N2CCOCC2)cc1. The van der Waals surface area contributed by atoms with Crippen LogP contribution in [0.2, 0.25) is 0 Å². The summed E-state index contributed by atoms with van der Waals surface area (Å²) in [6, 6.07) is 7.12. The Hall–Kier alpha value is -2.93. The van der Waals surface area contributed by atoms with Crippen molar-refractivity contribution in [3.63, 3.8) is 0 Å². The highest BCUT2D eigenvalue weighted by atomic mass is 16.5. The van der Waals surface area contributed by atoms with E-state index in [0.717, 1.165) is 25.9 Å². The maximum atomic E-state index is 12.4. The molecule has 0 unspecified atom stereocenters. The number of ether oxygens (including phenoxy) is 2. The lowest BCUT2D eigenvalue weighted by Gasteiger charge is -2.28. The molecule has 1 saturated heterocycles. The van der Waals surface area contributed by atoms with Gasteiger partial charge in [0.2, 0.25) is 0 Å². The summed E-state index contributed by atoms with van der Waals surface area (Å²) in [5, 5.41) is 3.01. The number of nitrogens with zero attached hydrogens (tertiary/aromatic N) is 3. The van der Waals surface area contributed by atoms with Crippen LogP contribution < -0.4 is 15.0 Å². The van der Waals surface area contributed by atoms with Crippen molar-refractivity contribution in [2.45, 2.75) is 32.1 Å². The topological polar surface area (TPSA) is 76.6 Å². The smallest absolute Gasteiger partial charge is 0.263 e. The average Bonchev–Trinajstić information content (AvgIpc) is 2.81. The van der Waals surface area contributed by atoms with E-state index < -0.39 is 0 Å². The predicted molar refractivity (Wildman–Crippen MR) is 115 cm³/mol. The molecule has 1 aliphatic carbocycles. The number of aromatic nitrogens is 2. The molecule has 4 rings (SSSR count). The summed E-state index contributed by atoms with van der Waals surface area (Å²) >= 11 is 0. The van der Waals surface area contributed by atoms with Crippen LogP contribution in [0.3, 0.4) is 0 Å². The van der Waals surface area contributed by atoms with Gasteiger partial charge < -0.3 is 19.7 Å². The number of morpholine rings is 1. The molecular formula is C23H28N4O3. The number of allylic oxidation sites excluding steroid dienone is 1. The van der Waals surface area contributed by atoms with Crippen LogP contribution in [0.1, 0.15) is 42.5 Å². The molecular weight excluding hydrogens is 380 g/mol. The number of rotatable bonds is 7. The normalized spacial score (nSPS) is 16.7. The number of benzene rings is 1. The molecule has 0 bridgehead atoms. The van der Waals surface area contributed by atoms with Gasteiger partial charge in [-0.05, 0) is 56.4 Å². The van der Waals surface area contributed by atoms with Gasteiger partial charge in [-0.3, -0.25) is 4.79 Å². The average molecular weight is 409 g/mol. The fourth-order valence-electron chi connectivity index (χ4n) is 3.74. The minimum atomic E-state index is -0.0635. The Labute approximate surface area is 177 Å². The van der Waals surface area contributed by atoms with Crippen LogP contribution in [0.15, 0.2) is 48.3 Å². The van der Waals surface area contributed by atoms with E-state index in [1.807, 2.05) is 0 Å². The molecule has 1 fully saturated rings. The van der Waals surface area contributed by atoms with Crippen molar-refractivity contribution < 1.29 is 14.3 Å². The largest absolute Gasteiger partial charge is 0.436 e. The molecule has 1 N–H and O–H groups in total. The van der Waals surface area contributed by atoms with E-state index in [-0.39, 0.29) is 5.91 Å². The first-order valence-corrected chi connectivity index (χ1v) is 10.7. The van der Waals surface area contributed by atoms with Crippen LogP contribution in [0.4, 0.5) is 5.82 Å². The lowest BCUT2D eigenvalue weighted by atomic mass is 9.97. The number of amides is 1. The highest BCUT2D eigenvalue weighted by Crippen LogP contribution is 2.28. The zero-order valence-electron chi connectivity index (χ0n) is 17.2. The molecule has 2 aliphatic rings. The van der Waals surface area contributed by atoms with Crippen molar-refractivity contribution in [2.24, 2.45) is 0 Å². The van der Waals surface area contributed by atoms with Crippen molar-refractivity contribution in [2.75, 3.05) is 37.7 Å². The van der Waals surface area contributed by atoms with Crippen molar-refractivity contribution in [3.05, 3.63) is 53.9 Å². The first kappa shape index (κ1) is 20.3. The first-order valence-electron chi connectivity index (χ1n) is 10.7. The van der Waals surface area contributed by atoms with Gasteiger partial charge in [0.25, 0.3) is 11.8 Å². The van der Waals surface area contributed by atoms with E-state index >= 15 is 0 Å². The second-order valence-corrected chi connectivity index (χ2v) is 7.53. The van der Waals surface area contributed by atoms with Crippen molar-refractivity contribution in [1.82, 2.24) is 15.3 Å². The third kappa shape index (κ3) is 5.36. The first-order chi connectivity index (χ1) is 14.8. The third-order valence-corrected chi connectivity index (χ3v) is 5.40. The standard InChI is InChI=1S/C23H28N4O3/c28-22(25-11-10-18-4-2-1-3-5-18)19-6-8-20(9-7-19)30-23-21(24-12-13-26-23)27-14-16-29-17-15-27/h4,6-9,12-13H,1-3,5,10-11,14-17H2,(H,25,28). The number of carbonyl (C=O) groups is 1. The number of nitrogens with one attached hydrogen (secondary N) is 1. The molecule has 7 heteroatoms. The van der Waals surface area contributed by atoms with Crippen LogP contribution >= 0.6 is 0 Å². The molecule has 2 heterocycles. The van der Waals surface area contributed by atoms with E-state index in [1.54, 1.807) is 36.7 Å². The third-order valence-electron chi connectivity index (χ3n) is 5.40. The fourth-order valence-corrected chi connectivity index (χ4v) is 3.74. The van der Waals surface area contributed by atoms with Crippen molar-refractivity contribution in [3.8, 4) is 11.6 Å². The molecule has 7 nitrogen and oxygen atoms in total. The fraction of sp³-hybridized carbons (Fsp3) is 0.435. The van der Waals surface area contributed by atoms with Gasteiger partial charge >= 0.3 is 0 Å². The number of carbonyl (C=O) groups excluding carboxylic acids is 1. The highest BCUT2D eigenvalue weighted by Gasteiger charge is 2.18. The van der Waals surface area contributed by atoms with Gasteiger partial charge in [0.05, 0.1) is 13.2 Å². The summed E-state index contributed by atoms with van der Waals surface area (Å²) in [5.74, 6) is 1.72. The molecule has 2 aromatic rings. The number of hydrogen-bond donors (Lipinski definition) is 1. The van der Waals surface area contributed by atoms with Gasteiger partial charge in [-0.15, -0.1) is 0 Å². The summed E-state index contributed by atoms with van der Waals surface area (Å²) in [4.78, 5) is 23.3. The Kier molecular flexibility index (Phi) is 6.92. The molecule has 158 valence electrons. The van der Waals surface area contributed by atoms with Gasteiger partial charge in [-0.25, -0.2) is 9.97 Å². The zero-order valence-corrected chi connectivity index (χ0v) is 17.2. The van der Waals surface area contributed by atoms with E-state index in [4.69, 9.17) is 9.47 Å². The van der Waals surface area contributed by atoms with Gasteiger partial charge in [-0.2, -0.15) is 0 Å². The number of hydrogen-bond acceptors (Lipinski definition) is 6. The Morgan fingerprint density at radius 3 is 2.67 bits per heavy atom. The van der Waals surface area contributed by atoms with E-state index in [9.17, 15) is 4.79 Å². The maximum Gasteiger partial charge on any atom is 0.263 e. The minimum Gasteiger partial charge on any atom is -0.436 e. The van der Waals surface area contributed by atoms with Gasteiger partial charge in [0, 0.05) is 37.6 Å². The van der Waals surface area contributed by atoms with Crippen LogP contribution in [0.25, 0.3) is 0 Å². The summed E-state index contributed by atoms with van der Waals surface area (Å²) in [6.45, 7) is 3.51. The molecule has 1 amide bonds. The van der Waals surface area contributed by atoms with Gasteiger partial charge in [0.15, 0.2) is 5.82 Å². The second kappa shape index (κ2) is 10.2. The lowest BCUT2D eigenvalue weighted by molar-refractivity contribution is 0.0954. The van der Waals surface area contributed by atoms with Gasteiger partial charge in [-0.1, -0.05) is 11.6 Å². The van der Waals surface area contributed by atoms with Crippen LogP contribution in [0, 0.1) is 0 Å². The Bertz CT molecular complexity index is 876. The quantitative estimate of drug-likeness (QED) is 0.704. The molecule has 30 heavy (non-hydrogen) atoms. The Morgan fingerprint density at radius 1 is 1.10 bits per heavy atom. The summed E-state index contributed by atoms with van der Waals surface area (Å²) in [6.07, 6.45) is 11.4. The second-order valence-electron chi connectivity index (χ2n) is 7.53. The predicted octanol–water partition coefficient (Wildman–Crippen LogP) is 3.73. The molecule has 0 atom stereocenters. The van der Waals surface area contributed by atoms with E-state index in [0.29, 0.717) is 42.8 Å². The molecule has 0 saturated carbocycles. The molecule has 1 aromatic heterocycles. The highest BCUT2D eigenvalue weighted by molar-refractivity contribution is 5.94. The van der Waals surface area contributed by atoms with Crippen LogP contribution in [-0.4, -0.2) is 48.7 Å². The zero-order chi connectivity index (χ0) is 20.6. The van der Waals surface area contributed by atoms with Crippen molar-refractivity contribution in [1.29, 1.82) is 0 Å². The summed E-state index contributed by atoms with van der Waals surface area (Å²) < 4.78 is 11.4. The van der Waals surface area contributed by atoms with Crippen LogP contribution in [0.5, 0.6) is 11.6 Å². The molecule has 1 aliphatic heterocycles. The Morgan fingerprint density at radius 2 is 1.90 bits per heavy atom. The van der Waals surface area contributed by atoms with Crippen molar-refractivity contribution >= 4 is 11.7 Å². The maximum absolute atomic E-state index is 12.4. The monoisotopic (exact) mass is 408 g/mol. The minimum absolute atomic E-state index is 0.0635. The van der Waals surface area contributed by atoms with E-state index in [1.165, 1.54) is 24.8 Å². The van der Waals surface area contributed by atoms with Crippen LogP contribution in [-0.2, 0) is 4.74 Å². The lowest BCUT2D eigenvalue weighted by Crippen LogP contribution is -2.37.